The second-order valence-corrected chi connectivity index (χ2v) is 9.16. The largest absolute Gasteiger partial charge is 0.371 e. The summed E-state index contributed by atoms with van der Waals surface area (Å²) in [4.78, 5) is 28.4. The number of amides is 2. The lowest BCUT2D eigenvalue weighted by Crippen LogP contribution is -2.43. The first-order valence-corrected chi connectivity index (χ1v) is 12.3. The summed E-state index contributed by atoms with van der Waals surface area (Å²) in [5.41, 5.74) is 3.38. The Bertz CT molecular complexity index is 892. The van der Waals surface area contributed by atoms with Crippen LogP contribution in [0.4, 0.5) is 5.69 Å². The van der Waals surface area contributed by atoms with Gasteiger partial charge in [0.25, 0.3) is 0 Å². The van der Waals surface area contributed by atoms with Crippen LogP contribution < -0.4 is 15.5 Å². The fraction of sp³-hybridized carbons (Fsp3) is 0.481. The van der Waals surface area contributed by atoms with E-state index in [4.69, 9.17) is 0 Å². The van der Waals surface area contributed by atoms with Crippen molar-refractivity contribution in [1.82, 2.24) is 15.5 Å². The third-order valence-electron chi connectivity index (χ3n) is 6.70. The predicted molar refractivity (Wildman–Crippen MR) is 132 cm³/mol. The molecule has 2 aliphatic rings. The first kappa shape index (κ1) is 23.3. The molecule has 176 valence electrons. The predicted octanol–water partition coefficient (Wildman–Crippen LogP) is 3.12. The van der Waals surface area contributed by atoms with Crippen LogP contribution in [0.1, 0.15) is 43.2 Å². The first-order valence-electron chi connectivity index (χ1n) is 12.3. The summed E-state index contributed by atoms with van der Waals surface area (Å²) in [6.45, 7) is 5.46. The molecule has 0 aliphatic carbocycles. The van der Waals surface area contributed by atoms with Gasteiger partial charge < -0.3 is 20.4 Å². The molecule has 2 saturated heterocycles. The van der Waals surface area contributed by atoms with Crippen molar-refractivity contribution in [1.29, 1.82) is 0 Å². The van der Waals surface area contributed by atoms with Gasteiger partial charge in [0.15, 0.2) is 0 Å². The maximum atomic E-state index is 12.3. The molecule has 2 fully saturated rings. The van der Waals surface area contributed by atoms with Crippen LogP contribution in [-0.4, -0.2) is 55.5 Å². The Hall–Kier alpha value is -2.86. The fourth-order valence-electron chi connectivity index (χ4n) is 4.73. The van der Waals surface area contributed by atoms with Gasteiger partial charge in [-0.15, -0.1) is 0 Å². The number of carbonyl (C=O) groups excluding carboxylic acids is 2. The highest BCUT2D eigenvalue weighted by Crippen LogP contribution is 2.21. The number of benzene rings is 2. The Labute approximate surface area is 197 Å². The molecule has 0 aromatic heterocycles. The number of hydrogen-bond acceptors (Lipinski definition) is 4. The summed E-state index contributed by atoms with van der Waals surface area (Å²) < 4.78 is 0. The molecule has 0 radical (unpaired) electrons. The molecule has 4 rings (SSSR count). The molecule has 2 aromatic rings. The fourth-order valence-corrected chi connectivity index (χ4v) is 4.73. The minimum Gasteiger partial charge on any atom is -0.371 e. The average molecular weight is 449 g/mol. The Morgan fingerprint density at radius 2 is 1.70 bits per heavy atom. The number of anilines is 1. The Balaban J connectivity index is 1.13. The quantitative estimate of drug-likeness (QED) is 0.548. The van der Waals surface area contributed by atoms with Crippen LogP contribution in [-0.2, 0) is 22.6 Å². The monoisotopic (exact) mass is 448 g/mol. The third-order valence-corrected chi connectivity index (χ3v) is 6.70. The van der Waals surface area contributed by atoms with Crippen LogP contribution in [0.5, 0.6) is 0 Å². The molecule has 0 spiro atoms. The van der Waals surface area contributed by atoms with Gasteiger partial charge in [-0.3, -0.25) is 9.59 Å². The van der Waals surface area contributed by atoms with Crippen molar-refractivity contribution in [3.63, 3.8) is 0 Å². The van der Waals surface area contributed by atoms with E-state index in [2.05, 4.69) is 39.8 Å². The van der Waals surface area contributed by atoms with Crippen LogP contribution in [0.15, 0.2) is 54.6 Å². The van der Waals surface area contributed by atoms with Crippen molar-refractivity contribution in [2.45, 2.75) is 51.1 Å². The number of nitrogens with zero attached hydrogens (tertiary/aromatic N) is 2. The number of piperidine rings is 1. The highest BCUT2D eigenvalue weighted by molar-refractivity contribution is 5.78. The van der Waals surface area contributed by atoms with E-state index in [1.54, 1.807) is 0 Å². The van der Waals surface area contributed by atoms with Crippen LogP contribution in [0, 0.1) is 0 Å². The molecule has 0 saturated carbocycles. The van der Waals surface area contributed by atoms with E-state index in [9.17, 15) is 9.59 Å². The van der Waals surface area contributed by atoms with E-state index in [1.807, 2.05) is 35.2 Å². The Morgan fingerprint density at radius 3 is 2.39 bits per heavy atom. The van der Waals surface area contributed by atoms with Gasteiger partial charge in [-0.2, -0.15) is 0 Å². The standard InChI is InChI=1S/C27H36N4O2/c32-26(29-21-23-6-2-1-3-7-23)20-22-9-11-25(12-10-22)30-18-13-24(14-19-30)28-15-5-17-31-16-4-8-27(31)33/h1-3,6-7,9-12,24,28H,4-5,8,13-21H2,(H,29,32). The summed E-state index contributed by atoms with van der Waals surface area (Å²) in [5.74, 6) is 0.370. The van der Waals surface area contributed by atoms with E-state index in [0.717, 1.165) is 76.0 Å². The second-order valence-electron chi connectivity index (χ2n) is 9.16. The summed E-state index contributed by atoms with van der Waals surface area (Å²) >= 11 is 0. The van der Waals surface area contributed by atoms with E-state index < -0.39 is 0 Å². The molecule has 6 heteroatoms. The molecule has 2 aromatic carbocycles. The van der Waals surface area contributed by atoms with Crippen molar-refractivity contribution in [2.75, 3.05) is 37.6 Å². The van der Waals surface area contributed by atoms with Crippen LogP contribution in [0.3, 0.4) is 0 Å². The van der Waals surface area contributed by atoms with Crippen LogP contribution in [0.2, 0.25) is 0 Å². The van der Waals surface area contributed by atoms with Gasteiger partial charge in [0, 0.05) is 50.9 Å². The highest BCUT2D eigenvalue weighted by atomic mass is 16.2. The number of rotatable bonds is 10. The molecular weight excluding hydrogens is 412 g/mol. The Kier molecular flexibility index (Phi) is 8.36. The lowest BCUT2D eigenvalue weighted by molar-refractivity contribution is -0.127. The van der Waals surface area contributed by atoms with Crippen LogP contribution in [0.25, 0.3) is 0 Å². The van der Waals surface area contributed by atoms with Gasteiger partial charge >= 0.3 is 0 Å². The molecule has 2 aliphatic heterocycles. The maximum Gasteiger partial charge on any atom is 0.224 e. The molecule has 0 bridgehead atoms. The average Bonchev–Trinajstić information content (AvgIpc) is 3.26. The molecule has 0 atom stereocenters. The Morgan fingerprint density at radius 1 is 0.939 bits per heavy atom. The minimum absolute atomic E-state index is 0.0487. The minimum atomic E-state index is 0.0487. The van der Waals surface area contributed by atoms with E-state index in [0.29, 0.717) is 24.9 Å². The molecule has 33 heavy (non-hydrogen) atoms. The molecule has 0 unspecified atom stereocenters. The zero-order valence-corrected chi connectivity index (χ0v) is 19.5. The van der Waals surface area contributed by atoms with Crippen molar-refractivity contribution in [2.24, 2.45) is 0 Å². The highest BCUT2D eigenvalue weighted by Gasteiger charge is 2.21. The lowest BCUT2D eigenvalue weighted by Gasteiger charge is -2.34. The van der Waals surface area contributed by atoms with Crippen molar-refractivity contribution in [3.8, 4) is 0 Å². The number of carbonyl (C=O) groups is 2. The first-order chi connectivity index (χ1) is 16.2. The van der Waals surface area contributed by atoms with Crippen molar-refractivity contribution < 1.29 is 9.59 Å². The SMILES string of the molecule is O=C(Cc1ccc(N2CCC(NCCCN3CCCC3=O)CC2)cc1)NCc1ccccc1. The maximum absolute atomic E-state index is 12.3. The van der Waals surface area contributed by atoms with E-state index >= 15 is 0 Å². The normalized spacial score (nSPS) is 16.9. The molecular formula is C27H36N4O2. The molecule has 6 nitrogen and oxygen atoms in total. The molecule has 2 heterocycles. The van der Waals surface area contributed by atoms with Gasteiger partial charge in [-0.05, 0) is 55.5 Å². The smallest absolute Gasteiger partial charge is 0.224 e. The summed E-state index contributed by atoms with van der Waals surface area (Å²) in [5, 5.41) is 6.67. The zero-order chi connectivity index (χ0) is 22.9. The molecule has 2 N–H and O–H groups in total. The van der Waals surface area contributed by atoms with Gasteiger partial charge in [-0.25, -0.2) is 0 Å². The second kappa shape index (κ2) is 11.8. The van der Waals surface area contributed by atoms with Gasteiger partial charge in [0.1, 0.15) is 0 Å². The van der Waals surface area contributed by atoms with E-state index in [-0.39, 0.29) is 5.91 Å². The van der Waals surface area contributed by atoms with Gasteiger partial charge in [-0.1, -0.05) is 42.5 Å². The number of hydrogen-bond donors (Lipinski definition) is 2. The van der Waals surface area contributed by atoms with Crippen LogP contribution >= 0.6 is 0 Å². The topological polar surface area (TPSA) is 64.7 Å². The van der Waals surface area contributed by atoms with Crippen molar-refractivity contribution >= 4 is 17.5 Å². The number of likely N-dealkylation sites (tertiary alicyclic amines) is 1. The number of nitrogens with one attached hydrogen (secondary N) is 2. The zero-order valence-electron chi connectivity index (χ0n) is 19.5. The van der Waals surface area contributed by atoms with Crippen molar-refractivity contribution in [3.05, 3.63) is 65.7 Å². The van der Waals surface area contributed by atoms with E-state index in [1.165, 1.54) is 5.69 Å². The van der Waals surface area contributed by atoms with Gasteiger partial charge in [0.2, 0.25) is 11.8 Å². The summed E-state index contributed by atoms with van der Waals surface area (Å²) in [6, 6.07) is 19.0. The molecule has 2 amide bonds. The third kappa shape index (κ3) is 7.06. The summed E-state index contributed by atoms with van der Waals surface area (Å²) in [7, 11) is 0. The van der Waals surface area contributed by atoms with Gasteiger partial charge in [0.05, 0.1) is 6.42 Å². The lowest BCUT2D eigenvalue weighted by atomic mass is 10.0. The summed E-state index contributed by atoms with van der Waals surface area (Å²) in [6.07, 6.45) is 5.45.